The van der Waals surface area contributed by atoms with Gasteiger partial charge in [-0.05, 0) is 0 Å². The molecular weight excluding hydrogens is 133 g/mol. The molecule has 1 N–H and O–H groups in total. The topological polar surface area (TPSA) is 58.9 Å². The molecule has 0 amide bonds. The van der Waals surface area contributed by atoms with Crippen molar-refractivity contribution in [3.05, 3.63) is 0 Å². The lowest BCUT2D eigenvalue weighted by molar-refractivity contribution is -0.132. The molecule has 0 aliphatic rings. The fourth-order valence-corrected chi connectivity index (χ4v) is 0.202. The van der Waals surface area contributed by atoms with E-state index < -0.39 is 11.1 Å². The van der Waals surface area contributed by atoms with Gasteiger partial charge in [-0.2, -0.15) is 0 Å². The second-order valence-corrected chi connectivity index (χ2v) is 1.24. The van der Waals surface area contributed by atoms with Crippen molar-refractivity contribution < 1.29 is 14.7 Å². The Morgan fingerprint density at radius 2 is 2.38 bits per heavy atom. The van der Waals surface area contributed by atoms with Crippen LogP contribution in [-0.4, -0.2) is 23.5 Å². The lowest BCUT2D eigenvalue weighted by atomic mass is 10.7. The highest BCUT2D eigenvalue weighted by molar-refractivity contribution is 6.81. The molecule has 0 heterocycles. The number of nitrogens with zero attached hydrogens (tertiary/aromatic N) is 1. The van der Waals surface area contributed by atoms with E-state index >= 15 is 0 Å². The monoisotopic (exact) mass is 137 g/mol. The van der Waals surface area contributed by atoms with Gasteiger partial charge in [0.05, 0.1) is 7.11 Å². The van der Waals surface area contributed by atoms with E-state index in [-0.39, 0.29) is 0 Å². The third-order valence-electron chi connectivity index (χ3n) is 0.442. The van der Waals surface area contributed by atoms with Gasteiger partial charge in [0.1, 0.15) is 0 Å². The number of carbonyl (C=O) groups excluding carboxylic acids is 1. The van der Waals surface area contributed by atoms with Crippen molar-refractivity contribution in [1.29, 1.82) is 0 Å². The third kappa shape index (κ3) is 1.79. The quantitative estimate of drug-likeness (QED) is 0.243. The van der Waals surface area contributed by atoms with Gasteiger partial charge in [0.25, 0.3) is 5.17 Å². The summed E-state index contributed by atoms with van der Waals surface area (Å²) in [6.45, 7) is 0. The summed E-state index contributed by atoms with van der Waals surface area (Å²) < 4.78 is 4.04. The van der Waals surface area contributed by atoms with Crippen LogP contribution in [-0.2, 0) is 9.53 Å². The highest BCUT2D eigenvalue weighted by atomic mass is 35.5. The average Bonchev–Trinajstić information content (AvgIpc) is 1.84. The number of esters is 1. The zero-order valence-corrected chi connectivity index (χ0v) is 4.84. The van der Waals surface area contributed by atoms with Gasteiger partial charge in [-0.3, -0.25) is 0 Å². The van der Waals surface area contributed by atoms with Crippen LogP contribution in [0.3, 0.4) is 0 Å². The molecule has 0 saturated carbocycles. The van der Waals surface area contributed by atoms with Crippen LogP contribution in [0.2, 0.25) is 0 Å². The van der Waals surface area contributed by atoms with Crippen LogP contribution in [0.5, 0.6) is 0 Å². The smallest absolute Gasteiger partial charge is 0.372 e. The Morgan fingerprint density at radius 3 is 2.50 bits per heavy atom. The molecule has 0 spiro atoms. The van der Waals surface area contributed by atoms with Crippen molar-refractivity contribution >= 4 is 22.7 Å². The standard InChI is InChI=1S/C3H4ClNO3/c1-8-3(6)2(4)5-7/h7H,1H3. The minimum atomic E-state index is -0.853. The Morgan fingerprint density at radius 1 is 1.88 bits per heavy atom. The van der Waals surface area contributed by atoms with E-state index in [1.165, 1.54) is 0 Å². The van der Waals surface area contributed by atoms with E-state index in [4.69, 9.17) is 16.8 Å². The Balaban J connectivity index is 3.83. The second-order valence-electron chi connectivity index (χ2n) is 0.882. The summed E-state index contributed by atoms with van der Waals surface area (Å²) in [5.41, 5.74) is 0. The molecule has 0 bridgehead atoms. The maximum absolute atomic E-state index is 10.1. The summed E-state index contributed by atoms with van der Waals surface area (Å²) >= 11 is 4.94. The summed E-state index contributed by atoms with van der Waals surface area (Å²) in [6.07, 6.45) is 0. The van der Waals surface area contributed by atoms with Crippen molar-refractivity contribution in [3.8, 4) is 0 Å². The van der Waals surface area contributed by atoms with Gasteiger partial charge in [0.2, 0.25) is 0 Å². The fourth-order valence-electron chi connectivity index (χ4n) is 0.125. The van der Waals surface area contributed by atoms with Gasteiger partial charge in [-0.15, -0.1) is 0 Å². The van der Waals surface area contributed by atoms with Crippen molar-refractivity contribution in [2.75, 3.05) is 7.11 Å². The van der Waals surface area contributed by atoms with E-state index in [1.807, 2.05) is 0 Å². The van der Waals surface area contributed by atoms with Gasteiger partial charge in [-0.1, -0.05) is 16.8 Å². The summed E-state index contributed by atoms with van der Waals surface area (Å²) in [5, 5.41) is 9.58. The number of oxime groups is 1. The summed E-state index contributed by atoms with van der Waals surface area (Å²) in [4.78, 5) is 10.1. The Hall–Kier alpha value is -0.770. The number of ether oxygens (including phenoxy) is 1. The molecule has 0 aromatic carbocycles. The molecule has 46 valence electrons. The van der Waals surface area contributed by atoms with Crippen LogP contribution in [0.4, 0.5) is 0 Å². The molecule has 0 atom stereocenters. The predicted octanol–water partition coefficient (Wildman–Crippen LogP) is 0.186. The molecule has 0 aliphatic heterocycles. The maximum Gasteiger partial charge on any atom is 0.372 e. The molecule has 0 rings (SSSR count). The molecule has 0 radical (unpaired) electrons. The minimum Gasteiger partial charge on any atom is -0.464 e. The van der Waals surface area contributed by atoms with Crippen LogP contribution in [0.1, 0.15) is 0 Å². The first kappa shape index (κ1) is 7.23. The summed E-state index contributed by atoms with van der Waals surface area (Å²) in [6, 6.07) is 0. The van der Waals surface area contributed by atoms with Crippen molar-refractivity contribution in [3.63, 3.8) is 0 Å². The van der Waals surface area contributed by atoms with Crippen LogP contribution in [0.25, 0.3) is 0 Å². The van der Waals surface area contributed by atoms with Gasteiger partial charge in [0, 0.05) is 0 Å². The van der Waals surface area contributed by atoms with Gasteiger partial charge in [0.15, 0.2) is 0 Å². The van der Waals surface area contributed by atoms with Crippen LogP contribution in [0, 0.1) is 0 Å². The zero-order chi connectivity index (χ0) is 6.57. The number of halogens is 1. The molecule has 0 aromatic heterocycles. The average molecular weight is 138 g/mol. The summed E-state index contributed by atoms with van der Waals surface area (Å²) in [7, 11) is 1.13. The molecule has 0 aliphatic carbocycles. The SMILES string of the molecule is COC(=O)C(Cl)=NO. The zero-order valence-electron chi connectivity index (χ0n) is 4.09. The number of hydrogen-bond acceptors (Lipinski definition) is 4. The first-order chi connectivity index (χ1) is 3.72. The molecule has 4 nitrogen and oxygen atoms in total. The molecular formula is C3H4ClNO3. The molecule has 5 heteroatoms. The van der Waals surface area contributed by atoms with Crippen LogP contribution >= 0.6 is 11.6 Å². The fraction of sp³-hybridized carbons (Fsp3) is 0.333. The van der Waals surface area contributed by atoms with E-state index in [0.717, 1.165) is 7.11 Å². The van der Waals surface area contributed by atoms with Crippen molar-refractivity contribution in [2.45, 2.75) is 0 Å². The maximum atomic E-state index is 10.1. The Bertz CT molecular complexity index is 122. The highest BCUT2D eigenvalue weighted by Crippen LogP contribution is 1.85. The predicted molar refractivity (Wildman–Crippen MR) is 27.1 cm³/mol. The molecule has 8 heavy (non-hydrogen) atoms. The van der Waals surface area contributed by atoms with Crippen LogP contribution in [0.15, 0.2) is 5.16 Å². The minimum absolute atomic E-state index is 0.576. The molecule has 0 unspecified atom stereocenters. The molecule has 0 aromatic rings. The Kier molecular flexibility index (Phi) is 2.95. The largest absolute Gasteiger partial charge is 0.464 e. The van der Waals surface area contributed by atoms with Crippen LogP contribution < -0.4 is 0 Å². The van der Waals surface area contributed by atoms with Crippen molar-refractivity contribution in [2.24, 2.45) is 5.16 Å². The van der Waals surface area contributed by atoms with Gasteiger partial charge >= 0.3 is 5.97 Å². The molecule has 0 fully saturated rings. The van der Waals surface area contributed by atoms with E-state index in [9.17, 15) is 4.79 Å². The third-order valence-corrected chi connectivity index (χ3v) is 0.672. The number of hydrogen-bond donors (Lipinski definition) is 1. The number of carbonyl (C=O) groups is 1. The normalized spacial score (nSPS) is 11.0. The number of rotatable bonds is 1. The lowest BCUT2D eigenvalue weighted by Gasteiger charge is -1.89. The van der Waals surface area contributed by atoms with Gasteiger partial charge in [-0.25, -0.2) is 4.79 Å². The first-order valence-corrected chi connectivity index (χ1v) is 2.06. The lowest BCUT2D eigenvalue weighted by Crippen LogP contribution is -2.08. The molecule has 0 saturated heterocycles. The van der Waals surface area contributed by atoms with E-state index in [0.29, 0.717) is 0 Å². The Labute approximate surface area is 50.7 Å². The van der Waals surface area contributed by atoms with Crippen molar-refractivity contribution in [1.82, 2.24) is 0 Å². The van der Waals surface area contributed by atoms with E-state index in [2.05, 4.69) is 9.89 Å². The number of methoxy groups -OCH3 is 1. The first-order valence-electron chi connectivity index (χ1n) is 1.68. The summed E-state index contributed by atoms with van der Waals surface area (Å²) in [5.74, 6) is -0.853. The highest BCUT2D eigenvalue weighted by Gasteiger charge is 2.06. The second kappa shape index (κ2) is 3.26. The van der Waals surface area contributed by atoms with E-state index in [1.54, 1.807) is 0 Å². The van der Waals surface area contributed by atoms with Gasteiger partial charge < -0.3 is 9.94 Å².